The Labute approximate surface area is 151 Å². The minimum absolute atomic E-state index is 0.0991. The number of carbonyl (C=O) groups is 1. The van der Waals surface area contributed by atoms with E-state index in [1.807, 2.05) is 42.5 Å². The van der Waals surface area contributed by atoms with Crippen LogP contribution in [0.5, 0.6) is 0 Å². The topological polar surface area (TPSA) is 70.7 Å². The van der Waals surface area contributed by atoms with E-state index in [0.29, 0.717) is 10.7 Å². The monoisotopic (exact) mass is 352 g/mol. The SMILES string of the molecule is NC=CC(=Nc1ccccc1)C1NN(c2ccc(Cl)cc2)C=CC1=O. The maximum atomic E-state index is 12.4. The van der Waals surface area contributed by atoms with Crippen molar-refractivity contribution in [2.24, 2.45) is 10.7 Å². The molecule has 1 heterocycles. The van der Waals surface area contributed by atoms with Gasteiger partial charge in [-0.1, -0.05) is 29.8 Å². The third kappa shape index (κ3) is 4.15. The molecule has 0 saturated heterocycles. The predicted octanol–water partition coefficient (Wildman–Crippen LogP) is 3.36. The lowest BCUT2D eigenvalue weighted by Gasteiger charge is -2.30. The molecule has 1 aliphatic heterocycles. The summed E-state index contributed by atoms with van der Waals surface area (Å²) in [6.07, 6.45) is 6.19. The highest BCUT2D eigenvalue weighted by Crippen LogP contribution is 2.20. The number of carbonyl (C=O) groups excluding carboxylic acids is 1. The second-order valence-electron chi connectivity index (χ2n) is 5.36. The summed E-state index contributed by atoms with van der Waals surface area (Å²) in [5.74, 6) is -0.0991. The Kier molecular flexibility index (Phi) is 5.28. The third-order valence-electron chi connectivity index (χ3n) is 3.62. The molecule has 3 rings (SSSR count). The lowest BCUT2D eigenvalue weighted by atomic mass is 10.1. The second kappa shape index (κ2) is 7.79. The molecule has 0 aromatic heterocycles. The summed E-state index contributed by atoms with van der Waals surface area (Å²) in [5, 5.41) is 2.41. The van der Waals surface area contributed by atoms with Crippen molar-refractivity contribution in [1.29, 1.82) is 0 Å². The zero-order valence-corrected chi connectivity index (χ0v) is 14.1. The summed E-state index contributed by atoms with van der Waals surface area (Å²) >= 11 is 5.93. The van der Waals surface area contributed by atoms with Gasteiger partial charge in [0, 0.05) is 17.3 Å². The molecule has 25 heavy (non-hydrogen) atoms. The molecule has 1 atom stereocenters. The van der Waals surface area contributed by atoms with E-state index >= 15 is 0 Å². The number of hydrogen-bond acceptors (Lipinski definition) is 5. The normalized spacial score (nSPS) is 18.1. The number of para-hydroxylation sites is 1. The maximum absolute atomic E-state index is 12.4. The lowest BCUT2D eigenvalue weighted by Crippen LogP contribution is -2.52. The van der Waals surface area contributed by atoms with Gasteiger partial charge in [-0.15, -0.1) is 0 Å². The molecule has 1 aliphatic rings. The van der Waals surface area contributed by atoms with E-state index in [1.165, 1.54) is 12.3 Å². The number of benzene rings is 2. The van der Waals surface area contributed by atoms with Crippen molar-refractivity contribution < 1.29 is 4.79 Å². The first kappa shape index (κ1) is 17.0. The van der Waals surface area contributed by atoms with Crippen LogP contribution in [0.3, 0.4) is 0 Å². The number of nitrogens with zero attached hydrogens (tertiary/aromatic N) is 2. The van der Waals surface area contributed by atoms with Gasteiger partial charge in [-0.05, 0) is 48.7 Å². The molecule has 0 spiro atoms. The van der Waals surface area contributed by atoms with E-state index in [4.69, 9.17) is 17.3 Å². The minimum Gasteiger partial charge on any atom is -0.405 e. The fraction of sp³-hybridized carbons (Fsp3) is 0.0526. The van der Waals surface area contributed by atoms with E-state index in [1.54, 1.807) is 29.4 Å². The molecule has 0 saturated carbocycles. The van der Waals surface area contributed by atoms with Gasteiger partial charge in [-0.3, -0.25) is 14.8 Å². The van der Waals surface area contributed by atoms with Gasteiger partial charge < -0.3 is 5.73 Å². The van der Waals surface area contributed by atoms with Crippen molar-refractivity contribution in [1.82, 2.24) is 5.43 Å². The maximum Gasteiger partial charge on any atom is 0.181 e. The quantitative estimate of drug-likeness (QED) is 0.828. The molecule has 6 heteroatoms. The highest BCUT2D eigenvalue weighted by molar-refractivity contribution is 6.30. The number of nitrogens with two attached hydrogens (primary N) is 1. The average Bonchev–Trinajstić information content (AvgIpc) is 2.63. The van der Waals surface area contributed by atoms with E-state index in [9.17, 15) is 4.79 Å². The third-order valence-corrected chi connectivity index (χ3v) is 3.87. The summed E-state index contributed by atoms with van der Waals surface area (Å²) in [6.45, 7) is 0. The van der Waals surface area contributed by atoms with E-state index in [0.717, 1.165) is 11.4 Å². The fourth-order valence-electron chi connectivity index (χ4n) is 2.41. The fourth-order valence-corrected chi connectivity index (χ4v) is 2.54. The number of rotatable bonds is 4. The average molecular weight is 353 g/mol. The minimum atomic E-state index is -0.638. The van der Waals surface area contributed by atoms with E-state index in [-0.39, 0.29) is 5.78 Å². The van der Waals surface area contributed by atoms with Crippen molar-refractivity contribution >= 4 is 34.5 Å². The smallest absolute Gasteiger partial charge is 0.181 e. The lowest BCUT2D eigenvalue weighted by molar-refractivity contribution is -0.115. The summed E-state index contributed by atoms with van der Waals surface area (Å²) in [4.78, 5) is 16.9. The van der Waals surface area contributed by atoms with Gasteiger partial charge in [0.05, 0.1) is 17.1 Å². The molecule has 5 nitrogen and oxygen atoms in total. The van der Waals surface area contributed by atoms with Crippen molar-refractivity contribution in [3.8, 4) is 0 Å². The largest absolute Gasteiger partial charge is 0.405 e. The molecule has 0 amide bonds. The Balaban J connectivity index is 1.91. The van der Waals surface area contributed by atoms with Crippen LogP contribution in [-0.4, -0.2) is 17.5 Å². The van der Waals surface area contributed by atoms with E-state index in [2.05, 4.69) is 10.4 Å². The van der Waals surface area contributed by atoms with Crippen molar-refractivity contribution in [2.45, 2.75) is 6.04 Å². The zero-order valence-electron chi connectivity index (χ0n) is 13.3. The summed E-state index contributed by atoms with van der Waals surface area (Å²) < 4.78 is 0. The van der Waals surface area contributed by atoms with Crippen LogP contribution in [0.4, 0.5) is 11.4 Å². The van der Waals surface area contributed by atoms with Crippen molar-refractivity contribution in [2.75, 3.05) is 5.01 Å². The van der Waals surface area contributed by atoms with Crippen LogP contribution in [0.15, 0.2) is 84.1 Å². The predicted molar refractivity (Wildman–Crippen MR) is 102 cm³/mol. The first-order valence-electron chi connectivity index (χ1n) is 7.72. The Morgan fingerprint density at radius 1 is 1.16 bits per heavy atom. The molecule has 0 radical (unpaired) electrons. The Morgan fingerprint density at radius 3 is 2.56 bits per heavy atom. The molecule has 0 bridgehead atoms. The van der Waals surface area contributed by atoms with E-state index < -0.39 is 6.04 Å². The van der Waals surface area contributed by atoms with Gasteiger partial charge in [0.2, 0.25) is 0 Å². The van der Waals surface area contributed by atoms with Crippen molar-refractivity contribution in [3.05, 3.63) is 84.2 Å². The molecule has 1 unspecified atom stereocenters. The molecular formula is C19H17ClN4O. The van der Waals surface area contributed by atoms with Crippen LogP contribution in [0, 0.1) is 0 Å². The number of nitrogens with one attached hydrogen (secondary N) is 1. The Hall–Kier alpha value is -2.89. The molecule has 0 aliphatic carbocycles. The number of anilines is 1. The van der Waals surface area contributed by atoms with Gasteiger partial charge >= 0.3 is 0 Å². The molecule has 0 fully saturated rings. The number of aliphatic imine (C=N–C) groups is 1. The molecular weight excluding hydrogens is 336 g/mol. The first-order valence-corrected chi connectivity index (χ1v) is 8.10. The van der Waals surface area contributed by atoms with Gasteiger partial charge in [0.15, 0.2) is 5.78 Å². The standard InChI is InChI=1S/C19H17ClN4O/c20-14-6-8-16(9-7-14)24-13-11-18(25)19(23-24)17(10-12-21)22-15-4-2-1-3-5-15/h1-13,19,23H,21H2. The summed E-state index contributed by atoms with van der Waals surface area (Å²) in [5.41, 5.74) is 10.8. The van der Waals surface area contributed by atoms with Crippen LogP contribution in [-0.2, 0) is 4.79 Å². The zero-order chi connectivity index (χ0) is 17.6. The van der Waals surface area contributed by atoms with Crippen LogP contribution in [0.2, 0.25) is 5.02 Å². The Bertz CT molecular complexity index is 828. The van der Waals surface area contributed by atoms with Gasteiger partial charge in [-0.25, -0.2) is 5.43 Å². The molecule has 2 aromatic rings. The molecule has 3 N–H and O–H groups in total. The summed E-state index contributed by atoms with van der Waals surface area (Å²) in [6, 6.07) is 16.1. The van der Waals surface area contributed by atoms with Crippen LogP contribution in [0.25, 0.3) is 0 Å². The second-order valence-corrected chi connectivity index (χ2v) is 5.79. The highest BCUT2D eigenvalue weighted by atomic mass is 35.5. The van der Waals surface area contributed by atoms with Gasteiger partial charge in [-0.2, -0.15) is 0 Å². The number of ketones is 1. The first-order chi connectivity index (χ1) is 12.2. The van der Waals surface area contributed by atoms with Gasteiger partial charge in [0.1, 0.15) is 6.04 Å². The molecule has 2 aromatic carbocycles. The number of hydrazine groups is 1. The molecule has 126 valence electrons. The van der Waals surface area contributed by atoms with Crippen LogP contribution >= 0.6 is 11.6 Å². The van der Waals surface area contributed by atoms with Gasteiger partial charge in [0.25, 0.3) is 0 Å². The van der Waals surface area contributed by atoms with Crippen LogP contribution in [0.1, 0.15) is 0 Å². The number of halogens is 1. The number of hydrogen-bond donors (Lipinski definition) is 2. The summed E-state index contributed by atoms with van der Waals surface area (Å²) in [7, 11) is 0. The highest BCUT2D eigenvalue weighted by Gasteiger charge is 2.26. The Morgan fingerprint density at radius 2 is 1.88 bits per heavy atom. The van der Waals surface area contributed by atoms with Crippen LogP contribution < -0.4 is 16.2 Å². The van der Waals surface area contributed by atoms with Crippen molar-refractivity contribution in [3.63, 3.8) is 0 Å².